The number of benzene rings is 2. The molecule has 5 rings (SSSR count). The number of nitrogens with one attached hydrogen (secondary N) is 1. The van der Waals surface area contributed by atoms with Gasteiger partial charge in [-0.05, 0) is 62.4 Å². The molecule has 0 spiro atoms. The van der Waals surface area contributed by atoms with Crippen molar-refractivity contribution in [1.29, 1.82) is 0 Å². The molecule has 0 saturated heterocycles. The summed E-state index contributed by atoms with van der Waals surface area (Å²) in [5.41, 5.74) is 2.11. The van der Waals surface area contributed by atoms with Crippen molar-refractivity contribution in [3.63, 3.8) is 0 Å². The highest BCUT2D eigenvalue weighted by atomic mass is 35.5. The zero-order valence-electron chi connectivity index (χ0n) is 18.1. The summed E-state index contributed by atoms with van der Waals surface area (Å²) in [5, 5.41) is 8.69. The minimum atomic E-state index is -0.359. The Morgan fingerprint density at radius 2 is 2.06 bits per heavy atom. The van der Waals surface area contributed by atoms with E-state index in [0.717, 1.165) is 19.3 Å². The normalized spacial score (nSPS) is 18.6. The number of carbonyl (C=O) groups is 1. The lowest BCUT2D eigenvalue weighted by atomic mass is 9.90. The summed E-state index contributed by atoms with van der Waals surface area (Å²) in [6.45, 7) is 1.75. The molecule has 1 aliphatic carbocycles. The lowest BCUT2D eigenvalue weighted by molar-refractivity contribution is -0.121. The molecule has 0 bridgehead atoms. The van der Waals surface area contributed by atoms with Gasteiger partial charge in [-0.15, -0.1) is 0 Å². The fourth-order valence-electron chi connectivity index (χ4n) is 4.96. The highest BCUT2D eigenvalue weighted by molar-refractivity contribution is 6.37. The highest BCUT2D eigenvalue weighted by Crippen LogP contribution is 2.35. The van der Waals surface area contributed by atoms with Crippen LogP contribution in [0, 0.1) is 12.7 Å². The molecular formula is C25H23ClFN3O3. The summed E-state index contributed by atoms with van der Waals surface area (Å²) in [7, 11) is 0. The Kier molecular flexibility index (Phi) is 5.66. The third kappa shape index (κ3) is 4.02. The maximum Gasteiger partial charge on any atom is 0.264 e. The SMILES string of the molecule is Cc1noc2c1c(=O)n(C1CCCC(NC(=O)Cc3cccc(F)c3)C1)c1cccc(Cl)c21. The second-order valence-corrected chi connectivity index (χ2v) is 9.08. The molecule has 8 heteroatoms. The van der Waals surface area contributed by atoms with E-state index in [1.165, 1.54) is 12.1 Å². The second-order valence-electron chi connectivity index (χ2n) is 8.67. The molecule has 2 aromatic carbocycles. The van der Waals surface area contributed by atoms with Gasteiger partial charge in [-0.25, -0.2) is 4.39 Å². The number of nitrogens with zero attached hydrogens (tertiary/aromatic N) is 2. The molecule has 1 fully saturated rings. The quantitative estimate of drug-likeness (QED) is 0.453. The van der Waals surface area contributed by atoms with Gasteiger partial charge in [0.15, 0.2) is 5.58 Å². The molecule has 2 aromatic heterocycles. The first kappa shape index (κ1) is 21.6. The van der Waals surface area contributed by atoms with E-state index in [1.54, 1.807) is 29.7 Å². The molecule has 170 valence electrons. The number of fused-ring (bicyclic) bond motifs is 3. The van der Waals surface area contributed by atoms with Crippen LogP contribution in [0.25, 0.3) is 21.9 Å². The highest BCUT2D eigenvalue weighted by Gasteiger charge is 2.29. The number of hydrogen-bond acceptors (Lipinski definition) is 4. The molecule has 2 unspecified atom stereocenters. The Bertz CT molecular complexity index is 1430. The van der Waals surface area contributed by atoms with Crippen LogP contribution in [0.2, 0.25) is 5.02 Å². The molecule has 1 aliphatic rings. The third-order valence-corrected chi connectivity index (χ3v) is 6.72. The molecule has 33 heavy (non-hydrogen) atoms. The van der Waals surface area contributed by atoms with Crippen molar-refractivity contribution in [2.45, 2.75) is 51.1 Å². The molecule has 2 atom stereocenters. The first-order valence-electron chi connectivity index (χ1n) is 11.0. The predicted octanol–water partition coefficient (Wildman–Crippen LogP) is 5.09. The number of aryl methyl sites for hydroxylation is 1. The Labute approximate surface area is 194 Å². The zero-order chi connectivity index (χ0) is 23.1. The molecule has 1 amide bonds. The van der Waals surface area contributed by atoms with Crippen molar-refractivity contribution in [1.82, 2.24) is 15.0 Å². The Morgan fingerprint density at radius 3 is 2.88 bits per heavy atom. The van der Waals surface area contributed by atoms with Gasteiger partial charge in [0, 0.05) is 12.1 Å². The maximum absolute atomic E-state index is 13.5. The molecule has 2 heterocycles. The average Bonchev–Trinajstić information content (AvgIpc) is 3.16. The summed E-state index contributed by atoms with van der Waals surface area (Å²) in [5.74, 6) is -0.515. The van der Waals surface area contributed by atoms with E-state index >= 15 is 0 Å². The summed E-state index contributed by atoms with van der Waals surface area (Å²) in [4.78, 5) is 26.1. The Balaban J connectivity index is 1.46. The Hall–Kier alpha value is -3.19. The van der Waals surface area contributed by atoms with Gasteiger partial charge in [0.2, 0.25) is 5.91 Å². The van der Waals surface area contributed by atoms with Crippen LogP contribution in [0.1, 0.15) is 43.0 Å². The van der Waals surface area contributed by atoms with Crippen LogP contribution in [-0.4, -0.2) is 21.7 Å². The number of hydrogen-bond donors (Lipinski definition) is 1. The number of halogens is 2. The van der Waals surface area contributed by atoms with Crippen LogP contribution in [0.5, 0.6) is 0 Å². The summed E-state index contributed by atoms with van der Waals surface area (Å²) < 4.78 is 20.7. The van der Waals surface area contributed by atoms with Gasteiger partial charge in [0.05, 0.1) is 28.0 Å². The van der Waals surface area contributed by atoms with E-state index in [0.29, 0.717) is 44.6 Å². The van der Waals surface area contributed by atoms with E-state index in [2.05, 4.69) is 10.5 Å². The molecule has 1 N–H and O–H groups in total. The summed E-state index contributed by atoms with van der Waals surface area (Å²) in [6, 6.07) is 11.3. The van der Waals surface area contributed by atoms with Crippen LogP contribution >= 0.6 is 11.6 Å². The first-order chi connectivity index (χ1) is 15.9. The number of amides is 1. The number of pyridine rings is 1. The largest absolute Gasteiger partial charge is 0.355 e. The average molecular weight is 468 g/mol. The number of aromatic nitrogens is 2. The van der Waals surface area contributed by atoms with E-state index < -0.39 is 0 Å². The molecule has 1 saturated carbocycles. The van der Waals surface area contributed by atoms with Crippen LogP contribution in [0.15, 0.2) is 51.8 Å². The van der Waals surface area contributed by atoms with Crippen LogP contribution in [0.4, 0.5) is 4.39 Å². The lowest BCUT2D eigenvalue weighted by Crippen LogP contribution is -2.41. The molecule has 0 aliphatic heterocycles. The van der Waals surface area contributed by atoms with Gasteiger partial charge in [0.25, 0.3) is 5.56 Å². The smallest absolute Gasteiger partial charge is 0.264 e. The van der Waals surface area contributed by atoms with Gasteiger partial charge in [-0.1, -0.05) is 35.0 Å². The molecule has 4 aromatic rings. The number of carbonyl (C=O) groups excluding carboxylic acids is 1. The standard InChI is InChI=1S/C25H23ClFN3O3/c1-14-22-24(33-29-14)23-19(26)9-4-10-20(23)30(25(22)32)18-8-3-7-17(13-18)28-21(31)12-15-5-2-6-16(27)11-15/h2,4-6,9-11,17-18H,3,7-8,12-13H2,1H3,(H,28,31). The molecule has 6 nitrogen and oxygen atoms in total. The van der Waals surface area contributed by atoms with Crippen molar-refractivity contribution in [3.8, 4) is 0 Å². The molecule has 0 radical (unpaired) electrons. The minimum absolute atomic E-state index is 0.0785. The van der Waals surface area contributed by atoms with Crippen molar-refractivity contribution >= 4 is 39.4 Å². The minimum Gasteiger partial charge on any atom is -0.355 e. The maximum atomic E-state index is 13.5. The topological polar surface area (TPSA) is 77.1 Å². The van der Waals surface area contributed by atoms with Crippen LogP contribution in [0.3, 0.4) is 0 Å². The lowest BCUT2D eigenvalue weighted by Gasteiger charge is -2.32. The van der Waals surface area contributed by atoms with Crippen molar-refractivity contribution in [2.24, 2.45) is 0 Å². The third-order valence-electron chi connectivity index (χ3n) is 6.40. The van der Waals surface area contributed by atoms with Gasteiger partial charge in [-0.2, -0.15) is 0 Å². The van der Waals surface area contributed by atoms with Gasteiger partial charge in [0.1, 0.15) is 11.2 Å². The van der Waals surface area contributed by atoms with Gasteiger partial charge in [-0.3, -0.25) is 9.59 Å². The van der Waals surface area contributed by atoms with E-state index in [9.17, 15) is 14.0 Å². The van der Waals surface area contributed by atoms with Crippen LogP contribution < -0.4 is 10.9 Å². The van der Waals surface area contributed by atoms with Crippen molar-refractivity contribution < 1.29 is 13.7 Å². The number of rotatable bonds is 4. The van der Waals surface area contributed by atoms with Crippen molar-refractivity contribution in [3.05, 3.63) is 74.9 Å². The fraction of sp³-hybridized carbons (Fsp3) is 0.320. The van der Waals surface area contributed by atoms with E-state index in [1.807, 2.05) is 12.1 Å². The first-order valence-corrected chi connectivity index (χ1v) is 11.4. The van der Waals surface area contributed by atoms with E-state index in [4.69, 9.17) is 16.1 Å². The second kappa shape index (κ2) is 8.63. The predicted molar refractivity (Wildman–Crippen MR) is 125 cm³/mol. The van der Waals surface area contributed by atoms with E-state index in [-0.39, 0.29) is 35.8 Å². The fourth-order valence-corrected chi connectivity index (χ4v) is 5.22. The summed E-state index contributed by atoms with van der Waals surface area (Å²) >= 11 is 6.51. The zero-order valence-corrected chi connectivity index (χ0v) is 18.9. The van der Waals surface area contributed by atoms with Crippen LogP contribution in [-0.2, 0) is 11.2 Å². The molecular weight excluding hydrogens is 445 g/mol. The Morgan fingerprint density at radius 1 is 1.24 bits per heavy atom. The summed E-state index contributed by atoms with van der Waals surface area (Å²) in [6.07, 6.45) is 3.24. The monoisotopic (exact) mass is 467 g/mol. The van der Waals surface area contributed by atoms with Crippen molar-refractivity contribution in [2.75, 3.05) is 0 Å². The van der Waals surface area contributed by atoms with Gasteiger partial charge < -0.3 is 14.4 Å². The van der Waals surface area contributed by atoms with Gasteiger partial charge >= 0.3 is 0 Å².